The number of hydrogen-bond acceptors (Lipinski definition) is 7. The third kappa shape index (κ3) is 4.10. The Morgan fingerprint density at radius 3 is 2.46 bits per heavy atom. The number of hydrogen-bond donors (Lipinski definition) is 1. The van der Waals surface area contributed by atoms with E-state index in [-0.39, 0.29) is 0 Å². The molecule has 1 saturated heterocycles. The molecule has 1 N–H and O–H groups in total. The molecule has 0 saturated carbocycles. The third-order valence-electron chi connectivity index (χ3n) is 4.10. The number of piperazine rings is 1. The van der Waals surface area contributed by atoms with E-state index in [0.29, 0.717) is 0 Å². The van der Waals surface area contributed by atoms with E-state index in [1.807, 2.05) is 13.0 Å². The normalized spacial score (nSPS) is 14.8. The summed E-state index contributed by atoms with van der Waals surface area (Å²) in [5.74, 6) is 3.52. The predicted molar refractivity (Wildman–Crippen MR) is 96.6 cm³/mol. The standard InChI is InChI=1S/C17H25N7/c1-3-4-6-18-15-13-16(22-14(2)21-15)23-9-11-24(12-10-23)17-19-7-5-8-20-17/h5,7-8,13H,3-4,6,9-12H2,1-2H3,(H,18,21,22). The summed E-state index contributed by atoms with van der Waals surface area (Å²) in [5, 5.41) is 3.39. The van der Waals surface area contributed by atoms with Crippen LogP contribution in [-0.4, -0.2) is 52.7 Å². The van der Waals surface area contributed by atoms with Crippen LogP contribution in [0.1, 0.15) is 25.6 Å². The Hall–Kier alpha value is -2.44. The van der Waals surface area contributed by atoms with E-state index < -0.39 is 0 Å². The second-order valence-corrected chi connectivity index (χ2v) is 5.96. The lowest BCUT2D eigenvalue weighted by Gasteiger charge is -2.35. The summed E-state index contributed by atoms with van der Waals surface area (Å²) in [4.78, 5) is 22.3. The van der Waals surface area contributed by atoms with Crippen molar-refractivity contribution in [3.8, 4) is 0 Å². The lowest BCUT2D eigenvalue weighted by atomic mass is 10.3. The highest BCUT2D eigenvalue weighted by Gasteiger charge is 2.20. The average Bonchev–Trinajstić information content (AvgIpc) is 2.62. The molecular weight excluding hydrogens is 302 g/mol. The SMILES string of the molecule is CCCCNc1cc(N2CCN(c3ncccn3)CC2)nc(C)n1. The first-order chi connectivity index (χ1) is 11.8. The van der Waals surface area contributed by atoms with Crippen LogP contribution in [-0.2, 0) is 0 Å². The van der Waals surface area contributed by atoms with Crippen molar-refractivity contribution < 1.29 is 0 Å². The molecule has 2 aromatic heterocycles. The Balaban J connectivity index is 1.63. The minimum atomic E-state index is 0.804. The number of unbranched alkanes of at least 4 members (excludes halogenated alkanes) is 1. The molecule has 0 aliphatic carbocycles. The molecule has 24 heavy (non-hydrogen) atoms. The van der Waals surface area contributed by atoms with Gasteiger partial charge in [0.25, 0.3) is 0 Å². The zero-order chi connectivity index (χ0) is 16.8. The van der Waals surface area contributed by atoms with Crippen LogP contribution in [0.15, 0.2) is 24.5 Å². The highest BCUT2D eigenvalue weighted by molar-refractivity contribution is 5.50. The lowest BCUT2D eigenvalue weighted by molar-refractivity contribution is 0.633. The topological polar surface area (TPSA) is 70.1 Å². The Bertz CT molecular complexity index is 639. The van der Waals surface area contributed by atoms with Crippen molar-refractivity contribution in [3.63, 3.8) is 0 Å². The fraction of sp³-hybridized carbons (Fsp3) is 0.529. The highest BCUT2D eigenvalue weighted by Crippen LogP contribution is 2.19. The van der Waals surface area contributed by atoms with Gasteiger partial charge in [0.1, 0.15) is 17.5 Å². The molecule has 0 bridgehead atoms. The summed E-state index contributed by atoms with van der Waals surface area (Å²) in [5.41, 5.74) is 0. The van der Waals surface area contributed by atoms with E-state index in [9.17, 15) is 0 Å². The van der Waals surface area contributed by atoms with E-state index >= 15 is 0 Å². The van der Waals surface area contributed by atoms with Crippen molar-refractivity contribution in [1.29, 1.82) is 0 Å². The molecule has 1 fully saturated rings. The van der Waals surface area contributed by atoms with E-state index in [1.165, 1.54) is 6.42 Å². The monoisotopic (exact) mass is 327 g/mol. The van der Waals surface area contributed by atoms with Gasteiger partial charge in [0, 0.05) is 51.2 Å². The molecule has 0 unspecified atom stereocenters. The Morgan fingerprint density at radius 1 is 1.04 bits per heavy atom. The van der Waals surface area contributed by atoms with E-state index in [1.54, 1.807) is 12.4 Å². The summed E-state index contributed by atoms with van der Waals surface area (Å²) >= 11 is 0. The van der Waals surface area contributed by atoms with Crippen molar-refractivity contribution in [1.82, 2.24) is 19.9 Å². The number of anilines is 3. The molecule has 0 atom stereocenters. The van der Waals surface area contributed by atoms with E-state index in [0.717, 1.165) is 62.6 Å². The molecule has 0 amide bonds. The first kappa shape index (κ1) is 16.4. The molecule has 7 nitrogen and oxygen atoms in total. The molecule has 0 aromatic carbocycles. The zero-order valence-electron chi connectivity index (χ0n) is 14.4. The Morgan fingerprint density at radius 2 is 1.75 bits per heavy atom. The molecule has 3 rings (SSSR count). The molecule has 0 radical (unpaired) electrons. The summed E-state index contributed by atoms with van der Waals surface area (Å²) in [6.07, 6.45) is 5.90. The molecule has 2 aromatic rings. The quantitative estimate of drug-likeness (QED) is 0.815. The summed E-state index contributed by atoms with van der Waals surface area (Å²) < 4.78 is 0. The molecule has 7 heteroatoms. The van der Waals surface area contributed by atoms with Crippen LogP contribution in [0.3, 0.4) is 0 Å². The number of rotatable bonds is 6. The van der Waals surface area contributed by atoms with Gasteiger partial charge in [-0.3, -0.25) is 0 Å². The Labute approximate surface area is 143 Å². The largest absolute Gasteiger partial charge is 0.370 e. The molecule has 3 heterocycles. The summed E-state index contributed by atoms with van der Waals surface area (Å²) in [6, 6.07) is 3.90. The average molecular weight is 327 g/mol. The van der Waals surface area contributed by atoms with Crippen LogP contribution in [0.5, 0.6) is 0 Å². The minimum Gasteiger partial charge on any atom is -0.370 e. The van der Waals surface area contributed by atoms with Crippen molar-refractivity contribution >= 4 is 17.6 Å². The predicted octanol–water partition coefficient (Wildman–Crippen LogP) is 2.11. The van der Waals surface area contributed by atoms with Gasteiger partial charge in [-0.25, -0.2) is 19.9 Å². The fourth-order valence-corrected chi connectivity index (χ4v) is 2.79. The van der Waals surface area contributed by atoms with Crippen LogP contribution >= 0.6 is 0 Å². The van der Waals surface area contributed by atoms with Gasteiger partial charge >= 0.3 is 0 Å². The van der Waals surface area contributed by atoms with Gasteiger partial charge in [-0.1, -0.05) is 13.3 Å². The highest BCUT2D eigenvalue weighted by atomic mass is 15.3. The number of nitrogens with one attached hydrogen (secondary N) is 1. The van der Waals surface area contributed by atoms with Gasteiger partial charge in [-0.05, 0) is 19.4 Å². The van der Waals surface area contributed by atoms with E-state index in [4.69, 9.17) is 0 Å². The zero-order valence-corrected chi connectivity index (χ0v) is 14.4. The first-order valence-corrected chi connectivity index (χ1v) is 8.62. The van der Waals surface area contributed by atoms with Gasteiger partial charge in [-0.2, -0.15) is 0 Å². The maximum absolute atomic E-state index is 4.61. The molecule has 1 aliphatic rings. The van der Waals surface area contributed by atoms with E-state index in [2.05, 4.69) is 48.0 Å². The van der Waals surface area contributed by atoms with Gasteiger partial charge in [0.15, 0.2) is 0 Å². The van der Waals surface area contributed by atoms with Crippen LogP contribution < -0.4 is 15.1 Å². The van der Waals surface area contributed by atoms with Crippen molar-refractivity contribution in [3.05, 3.63) is 30.4 Å². The van der Waals surface area contributed by atoms with Crippen molar-refractivity contribution in [2.45, 2.75) is 26.7 Å². The second-order valence-electron chi connectivity index (χ2n) is 5.96. The third-order valence-corrected chi connectivity index (χ3v) is 4.10. The van der Waals surface area contributed by atoms with Gasteiger partial charge < -0.3 is 15.1 Å². The molecular formula is C17H25N7. The second kappa shape index (κ2) is 7.90. The number of nitrogens with zero attached hydrogens (tertiary/aromatic N) is 6. The Kier molecular flexibility index (Phi) is 5.40. The smallest absolute Gasteiger partial charge is 0.225 e. The van der Waals surface area contributed by atoms with Crippen LogP contribution in [0.4, 0.5) is 17.6 Å². The van der Waals surface area contributed by atoms with Gasteiger partial charge in [-0.15, -0.1) is 0 Å². The molecule has 1 aliphatic heterocycles. The summed E-state index contributed by atoms with van der Waals surface area (Å²) in [6.45, 7) is 8.69. The van der Waals surface area contributed by atoms with Crippen molar-refractivity contribution in [2.24, 2.45) is 0 Å². The first-order valence-electron chi connectivity index (χ1n) is 8.62. The molecule has 0 spiro atoms. The molecule has 128 valence electrons. The number of aromatic nitrogens is 4. The minimum absolute atomic E-state index is 0.804. The van der Waals surface area contributed by atoms with Crippen LogP contribution in [0.25, 0.3) is 0 Å². The lowest BCUT2D eigenvalue weighted by Crippen LogP contribution is -2.47. The van der Waals surface area contributed by atoms with Crippen LogP contribution in [0.2, 0.25) is 0 Å². The number of aryl methyl sites for hydroxylation is 1. The summed E-state index contributed by atoms with van der Waals surface area (Å²) in [7, 11) is 0. The van der Waals surface area contributed by atoms with Crippen molar-refractivity contribution in [2.75, 3.05) is 47.8 Å². The van der Waals surface area contributed by atoms with Gasteiger partial charge in [0.2, 0.25) is 5.95 Å². The van der Waals surface area contributed by atoms with Crippen LogP contribution in [0, 0.1) is 6.92 Å². The maximum Gasteiger partial charge on any atom is 0.225 e. The van der Waals surface area contributed by atoms with Gasteiger partial charge in [0.05, 0.1) is 0 Å². The maximum atomic E-state index is 4.61. The fourth-order valence-electron chi connectivity index (χ4n) is 2.79.